The van der Waals surface area contributed by atoms with Crippen LogP contribution >= 0.6 is 0 Å². The zero-order valence-electron chi connectivity index (χ0n) is 13.5. The molecule has 0 radical (unpaired) electrons. The van der Waals surface area contributed by atoms with Crippen molar-refractivity contribution in [2.24, 2.45) is 11.8 Å². The Hall–Kier alpha value is -1.32. The van der Waals surface area contributed by atoms with E-state index in [0.717, 1.165) is 18.8 Å². The van der Waals surface area contributed by atoms with Gasteiger partial charge in [0, 0.05) is 0 Å². The molecule has 0 heterocycles. The summed E-state index contributed by atoms with van der Waals surface area (Å²) in [5, 5.41) is 0. The van der Waals surface area contributed by atoms with E-state index in [0.29, 0.717) is 12.5 Å². The van der Waals surface area contributed by atoms with Gasteiger partial charge >= 0.3 is 0 Å². The Balaban J connectivity index is 1.81. The zero-order valence-corrected chi connectivity index (χ0v) is 13.5. The van der Waals surface area contributed by atoms with Crippen LogP contribution in [0.25, 0.3) is 0 Å². The number of halogens is 2. The number of rotatable bonds is 7. The first kappa shape index (κ1) is 17.0. The van der Waals surface area contributed by atoms with E-state index in [1.165, 1.54) is 51.3 Å². The van der Waals surface area contributed by atoms with Crippen molar-refractivity contribution >= 4 is 0 Å². The van der Waals surface area contributed by atoms with Crippen LogP contribution in [0.1, 0.15) is 51.9 Å². The molecule has 1 aliphatic rings. The van der Waals surface area contributed by atoms with E-state index >= 15 is 0 Å². The fourth-order valence-electron chi connectivity index (χ4n) is 3.17. The number of benzene rings is 1. The molecule has 1 saturated carbocycles. The van der Waals surface area contributed by atoms with Crippen molar-refractivity contribution in [1.82, 2.24) is 0 Å². The third kappa shape index (κ3) is 4.34. The highest BCUT2D eigenvalue weighted by Crippen LogP contribution is 2.33. The highest BCUT2D eigenvalue weighted by atomic mass is 19.2. The average molecular weight is 312 g/mol. The number of ether oxygens (including phenoxy) is 2. The molecule has 0 atom stereocenters. The Morgan fingerprint density at radius 2 is 1.59 bits per heavy atom. The second-order valence-corrected chi connectivity index (χ2v) is 6.23. The van der Waals surface area contributed by atoms with Gasteiger partial charge in [-0.1, -0.05) is 39.0 Å². The van der Waals surface area contributed by atoms with Gasteiger partial charge in [-0.05, 0) is 36.8 Å². The molecule has 0 aliphatic heterocycles. The molecule has 0 saturated heterocycles. The highest BCUT2D eigenvalue weighted by molar-refractivity contribution is 5.34. The van der Waals surface area contributed by atoms with Crippen LogP contribution in [0.5, 0.6) is 11.5 Å². The first-order chi connectivity index (χ1) is 10.7. The first-order valence-electron chi connectivity index (χ1n) is 8.30. The lowest BCUT2D eigenvalue weighted by Crippen LogP contribution is -2.20. The molecule has 2 nitrogen and oxygen atoms in total. The van der Waals surface area contributed by atoms with Crippen LogP contribution in [0.2, 0.25) is 0 Å². The van der Waals surface area contributed by atoms with Crippen LogP contribution < -0.4 is 9.47 Å². The summed E-state index contributed by atoms with van der Waals surface area (Å²) in [7, 11) is 1.31. The van der Waals surface area contributed by atoms with Gasteiger partial charge in [0.15, 0.2) is 11.5 Å². The average Bonchev–Trinajstić information content (AvgIpc) is 2.55. The molecule has 0 amide bonds. The lowest BCUT2D eigenvalue weighted by atomic mass is 9.80. The van der Waals surface area contributed by atoms with E-state index < -0.39 is 11.6 Å². The largest absolute Gasteiger partial charge is 0.494 e. The number of hydrogen-bond acceptors (Lipinski definition) is 2. The van der Waals surface area contributed by atoms with Crippen LogP contribution in [-0.2, 0) is 0 Å². The Bertz CT molecular complexity index is 468. The summed E-state index contributed by atoms with van der Waals surface area (Å²) in [5.41, 5.74) is 0. The molecule has 0 spiro atoms. The fourth-order valence-corrected chi connectivity index (χ4v) is 3.17. The monoisotopic (exact) mass is 312 g/mol. The Morgan fingerprint density at radius 3 is 2.23 bits per heavy atom. The maximum absolute atomic E-state index is 13.8. The minimum Gasteiger partial charge on any atom is -0.494 e. The molecular weight excluding hydrogens is 286 g/mol. The summed E-state index contributed by atoms with van der Waals surface area (Å²) in [5.74, 6) is -0.777. The maximum Gasteiger partial charge on any atom is 0.204 e. The topological polar surface area (TPSA) is 18.5 Å². The number of hydrogen-bond donors (Lipinski definition) is 0. The predicted molar refractivity (Wildman–Crippen MR) is 83.4 cm³/mol. The molecule has 0 unspecified atom stereocenters. The SMILES string of the molecule is CCCCC1CCC(COc2ccc(OC)c(F)c2F)CC1. The second-order valence-electron chi connectivity index (χ2n) is 6.23. The quantitative estimate of drug-likeness (QED) is 0.676. The van der Waals surface area contributed by atoms with Crippen LogP contribution in [-0.4, -0.2) is 13.7 Å². The minimum absolute atomic E-state index is 0.0218. The van der Waals surface area contributed by atoms with Crippen LogP contribution in [0, 0.1) is 23.5 Å². The minimum atomic E-state index is -0.983. The molecular formula is C18H26F2O2. The van der Waals surface area contributed by atoms with Gasteiger partial charge in [0.05, 0.1) is 13.7 Å². The summed E-state index contributed by atoms with van der Waals surface area (Å²) in [6, 6.07) is 2.83. The maximum atomic E-state index is 13.8. The van der Waals surface area contributed by atoms with Crippen molar-refractivity contribution in [2.45, 2.75) is 51.9 Å². The van der Waals surface area contributed by atoms with E-state index in [2.05, 4.69) is 6.92 Å². The molecule has 4 heteroatoms. The van der Waals surface area contributed by atoms with Gasteiger partial charge in [-0.2, -0.15) is 8.78 Å². The van der Waals surface area contributed by atoms with Gasteiger partial charge < -0.3 is 9.47 Å². The molecule has 124 valence electrons. The summed E-state index contributed by atoms with van der Waals surface area (Å²) in [6.07, 6.45) is 8.58. The van der Waals surface area contributed by atoms with Crippen molar-refractivity contribution in [3.8, 4) is 11.5 Å². The molecule has 22 heavy (non-hydrogen) atoms. The molecule has 2 rings (SSSR count). The fraction of sp³-hybridized carbons (Fsp3) is 0.667. The van der Waals surface area contributed by atoms with Crippen LogP contribution in [0.4, 0.5) is 8.78 Å². The Morgan fingerprint density at radius 1 is 1.00 bits per heavy atom. The van der Waals surface area contributed by atoms with Crippen molar-refractivity contribution in [2.75, 3.05) is 13.7 Å². The van der Waals surface area contributed by atoms with Crippen LogP contribution in [0.15, 0.2) is 12.1 Å². The molecule has 0 aromatic heterocycles. The molecule has 1 aromatic rings. The number of methoxy groups -OCH3 is 1. The molecule has 0 N–H and O–H groups in total. The molecule has 1 aromatic carbocycles. The third-order valence-corrected chi connectivity index (χ3v) is 4.64. The Kier molecular flexibility index (Phi) is 6.47. The highest BCUT2D eigenvalue weighted by Gasteiger charge is 2.22. The summed E-state index contributed by atoms with van der Waals surface area (Å²) in [6.45, 7) is 2.69. The molecule has 1 aliphatic carbocycles. The van der Waals surface area contributed by atoms with Gasteiger partial charge in [0.25, 0.3) is 0 Å². The summed E-state index contributed by atoms with van der Waals surface area (Å²) < 4.78 is 37.7. The van der Waals surface area contributed by atoms with E-state index in [-0.39, 0.29) is 11.5 Å². The van der Waals surface area contributed by atoms with E-state index in [1.54, 1.807) is 0 Å². The third-order valence-electron chi connectivity index (χ3n) is 4.64. The first-order valence-corrected chi connectivity index (χ1v) is 8.30. The van der Waals surface area contributed by atoms with E-state index in [9.17, 15) is 8.78 Å². The summed E-state index contributed by atoms with van der Waals surface area (Å²) >= 11 is 0. The summed E-state index contributed by atoms with van der Waals surface area (Å²) in [4.78, 5) is 0. The smallest absolute Gasteiger partial charge is 0.204 e. The lowest BCUT2D eigenvalue weighted by Gasteiger charge is -2.28. The van der Waals surface area contributed by atoms with Gasteiger partial charge in [-0.15, -0.1) is 0 Å². The Labute approximate surface area is 131 Å². The zero-order chi connectivity index (χ0) is 15.9. The lowest BCUT2D eigenvalue weighted by molar-refractivity contribution is 0.172. The van der Waals surface area contributed by atoms with Crippen molar-refractivity contribution < 1.29 is 18.3 Å². The molecule has 0 bridgehead atoms. The number of unbranched alkanes of at least 4 members (excludes halogenated alkanes) is 1. The van der Waals surface area contributed by atoms with Gasteiger partial charge in [0.1, 0.15) is 0 Å². The van der Waals surface area contributed by atoms with E-state index in [4.69, 9.17) is 9.47 Å². The van der Waals surface area contributed by atoms with Gasteiger partial charge in [-0.25, -0.2) is 0 Å². The van der Waals surface area contributed by atoms with Crippen LogP contribution in [0.3, 0.4) is 0 Å². The van der Waals surface area contributed by atoms with Crippen molar-refractivity contribution in [3.05, 3.63) is 23.8 Å². The van der Waals surface area contributed by atoms with Crippen molar-refractivity contribution in [3.63, 3.8) is 0 Å². The second kappa shape index (κ2) is 8.35. The predicted octanol–water partition coefficient (Wildman–Crippen LogP) is 5.35. The van der Waals surface area contributed by atoms with Gasteiger partial charge in [-0.3, -0.25) is 0 Å². The van der Waals surface area contributed by atoms with Crippen molar-refractivity contribution in [1.29, 1.82) is 0 Å². The standard InChI is InChI=1S/C18H26F2O2/c1-3-4-5-13-6-8-14(9-7-13)12-22-16-11-10-15(21-2)17(19)18(16)20/h10-11,13-14H,3-9,12H2,1-2H3. The molecule has 1 fully saturated rings. The van der Waals surface area contributed by atoms with Gasteiger partial charge in [0.2, 0.25) is 11.6 Å². The van der Waals surface area contributed by atoms with E-state index in [1.807, 2.05) is 0 Å². The normalized spacial score (nSPS) is 21.6.